The van der Waals surface area contributed by atoms with E-state index < -0.39 is 5.54 Å². The normalized spacial score (nSPS) is 11.5. The van der Waals surface area contributed by atoms with Crippen molar-refractivity contribution >= 4 is 11.6 Å². The van der Waals surface area contributed by atoms with Gasteiger partial charge in [-0.2, -0.15) is 5.10 Å². The van der Waals surface area contributed by atoms with Gasteiger partial charge < -0.3 is 9.47 Å². The average Bonchev–Trinajstić information content (AvgIpc) is 2.62. The molecule has 0 saturated heterocycles. The molecule has 28 heavy (non-hydrogen) atoms. The molecule has 2 aromatic rings. The Morgan fingerprint density at radius 3 is 2.39 bits per heavy atom. The maximum absolute atomic E-state index is 12.3. The number of benzene rings is 1. The summed E-state index contributed by atoms with van der Waals surface area (Å²) in [6.07, 6.45) is 6.28. The molecule has 0 unspecified atom stereocenters. The lowest BCUT2D eigenvalue weighted by Crippen LogP contribution is -2.36. The van der Waals surface area contributed by atoms with Crippen LogP contribution in [0.15, 0.2) is 29.2 Å². The van der Waals surface area contributed by atoms with Crippen LogP contribution in [0.1, 0.15) is 58.1 Å². The number of aromatic nitrogens is 2. The fraction of sp³-hybridized carbons (Fsp3) is 0.545. The molecule has 0 spiro atoms. The average molecular weight is 407 g/mol. The van der Waals surface area contributed by atoms with Gasteiger partial charge in [0.05, 0.1) is 11.7 Å². The maximum atomic E-state index is 12.3. The Kier molecular flexibility index (Phi) is 7.93. The molecule has 0 saturated carbocycles. The predicted octanol–water partition coefficient (Wildman–Crippen LogP) is 5.15. The Labute approximate surface area is 172 Å². The van der Waals surface area contributed by atoms with Gasteiger partial charge >= 0.3 is 0 Å². The third-order valence-corrected chi connectivity index (χ3v) is 4.78. The van der Waals surface area contributed by atoms with E-state index in [-0.39, 0.29) is 22.9 Å². The molecule has 1 aromatic carbocycles. The molecule has 0 aliphatic rings. The maximum Gasteiger partial charge on any atom is 0.289 e. The molecule has 0 N–H and O–H groups in total. The Balaban J connectivity index is 1.89. The van der Waals surface area contributed by atoms with Crippen LogP contribution < -0.4 is 15.0 Å². The SMILES string of the molecule is CCCCCc1ccc(OCCOc2cnn(C(C)(C)C)c(=O)c2Cl)c(C)c1. The summed E-state index contributed by atoms with van der Waals surface area (Å²) in [6.45, 7) is 10.6. The van der Waals surface area contributed by atoms with Crippen LogP contribution >= 0.6 is 11.6 Å². The molecule has 0 atom stereocenters. The Bertz CT molecular complexity index is 841. The molecular formula is C22H31ClN2O3. The van der Waals surface area contributed by atoms with E-state index in [1.165, 1.54) is 35.7 Å². The third-order valence-electron chi connectivity index (χ3n) is 4.43. The van der Waals surface area contributed by atoms with E-state index in [4.69, 9.17) is 21.1 Å². The number of nitrogens with zero attached hydrogens (tertiary/aromatic N) is 2. The van der Waals surface area contributed by atoms with E-state index in [1.54, 1.807) is 0 Å². The lowest BCUT2D eigenvalue weighted by Gasteiger charge is -2.21. The molecule has 154 valence electrons. The van der Waals surface area contributed by atoms with Crippen molar-refractivity contribution in [3.63, 3.8) is 0 Å². The van der Waals surface area contributed by atoms with E-state index in [1.807, 2.05) is 33.8 Å². The van der Waals surface area contributed by atoms with Gasteiger partial charge in [-0.1, -0.05) is 43.5 Å². The quantitative estimate of drug-likeness (QED) is 0.540. The Hall–Kier alpha value is -2.01. The van der Waals surface area contributed by atoms with Crippen LogP contribution in [-0.2, 0) is 12.0 Å². The summed E-state index contributed by atoms with van der Waals surface area (Å²) in [6, 6.07) is 6.31. The van der Waals surface area contributed by atoms with Crippen LogP contribution in [0.25, 0.3) is 0 Å². The summed E-state index contributed by atoms with van der Waals surface area (Å²) >= 11 is 6.16. The van der Waals surface area contributed by atoms with Gasteiger partial charge in [-0.15, -0.1) is 0 Å². The molecule has 0 amide bonds. The number of hydrogen-bond donors (Lipinski definition) is 0. The van der Waals surface area contributed by atoms with Crippen molar-refractivity contribution < 1.29 is 9.47 Å². The van der Waals surface area contributed by atoms with Crippen LogP contribution in [0.2, 0.25) is 5.02 Å². The third kappa shape index (κ3) is 5.99. The molecule has 1 aromatic heterocycles. The van der Waals surface area contributed by atoms with Gasteiger partial charge in [-0.3, -0.25) is 4.79 Å². The van der Waals surface area contributed by atoms with Crippen molar-refractivity contribution in [1.82, 2.24) is 9.78 Å². The van der Waals surface area contributed by atoms with Crippen LogP contribution in [0.3, 0.4) is 0 Å². The first-order valence-corrected chi connectivity index (χ1v) is 10.2. The minimum absolute atomic E-state index is 0.0394. The Morgan fingerprint density at radius 1 is 1.11 bits per heavy atom. The van der Waals surface area contributed by atoms with Crippen molar-refractivity contribution in [3.8, 4) is 11.5 Å². The van der Waals surface area contributed by atoms with Crippen LogP contribution in [-0.4, -0.2) is 23.0 Å². The highest BCUT2D eigenvalue weighted by Gasteiger charge is 2.19. The monoisotopic (exact) mass is 406 g/mol. The van der Waals surface area contributed by atoms with Crippen molar-refractivity contribution in [3.05, 3.63) is 50.9 Å². The van der Waals surface area contributed by atoms with E-state index in [9.17, 15) is 4.79 Å². The van der Waals surface area contributed by atoms with Gasteiger partial charge in [0, 0.05) is 0 Å². The molecule has 5 nitrogen and oxygen atoms in total. The summed E-state index contributed by atoms with van der Waals surface area (Å²) in [4.78, 5) is 12.3. The molecule has 0 radical (unpaired) electrons. The summed E-state index contributed by atoms with van der Waals surface area (Å²) in [5.74, 6) is 1.12. The largest absolute Gasteiger partial charge is 0.490 e. The van der Waals surface area contributed by atoms with E-state index in [0.717, 1.165) is 17.7 Å². The van der Waals surface area contributed by atoms with Gasteiger partial charge in [-0.05, 0) is 57.7 Å². The second-order valence-electron chi connectivity index (χ2n) is 7.96. The zero-order chi connectivity index (χ0) is 20.7. The predicted molar refractivity (Wildman–Crippen MR) is 114 cm³/mol. The van der Waals surface area contributed by atoms with Crippen molar-refractivity contribution in [2.24, 2.45) is 0 Å². The molecule has 1 heterocycles. The van der Waals surface area contributed by atoms with E-state index >= 15 is 0 Å². The fourth-order valence-corrected chi connectivity index (χ4v) is 3.09. The molecule has 6 heteroatoms. The van der Waals surface area contributed by atoms with Gasteiger partial charge in [0.2, 0.25) is 0 Å². The number of aryl methyl sites for hydroxylation is 2. The summed E-state index contributed by atoms with van der Waals surface area (Å²) in [7, 11) is 0. The first-order chi connectivity index (χ1) is 13.2. The van der Waals surface area contributed by atoms with Crippen molar-refractivity contribution in [2.45, 2.75) is 65.8 Å². The van der Waals surface area contributed by atoms with Gasteiger partial charge in [-0.25, -0.2) is 4.68 Å². The molecule has 0 bridgehead atoms. The number of unbranched alkanes of at least 4 members (excludes halogenated alkanes) is 2. The first-order valence-electron chi connectivity index (χ1n) is 9.87. The minimum Gasteiger partial charge on any atom is -0.490 e. The van der Waals surface area contributed by atoms with Gasteiger partial charge in [0.1, 0.15) is 19.0 Å². The lowest BCUT2D eigenvalue weighted by molar-refractivity contribution is 0.214. The molecular weight excluding hydrogens is 376 g/mol. The van der Waals surface area contributed by atoms with Gasteiger partial charge in [0.25, 0.3) is 5.56 Å². The standard InChI is InChI=1S/C22H31ClN2O3/c1-6-7-8-9-17-10-11-18(16(2)14-17)27-12-13-28-19-15-24-25(22(3,4)5)21(26)20(19)23/h10-11,14-15H,6-9,12-13H2,1-5H3. The summed E-state index contributed by atoms with van der Waals surface area (Å²) < 4.78 is 12.8. The highest BCUT2D eigenvalue weighted by atomic mass is 35.5. The lowest BCUT2D eigenvalue weighted by atomic mass is 10.0. The minimum atomic E-state index is -0.442. The zero-order valence-corrected chi connectivity index (χ0v) is 18.3. The summed E-state index contributed by atoms with van der Waals surface area (Å²) in [5, 5.41) is 4.19. The van der Waals surface area contributed by atoms with Crippen molar-refractivity contribution in [1.29, 1.82) is 0 Å². The van der Waals surface area contributed by atoms with Crippen LogP contribution in [0.5, 0.6) is 11.5 Å². The summed E-state index contributed by atoms with van der Waals surface area (Å²) in [5.41, 5.74) is 1.65. The van der Waals surface area contributed by atoms with Crippen molar-refractivity contribution in [2.75, 3.05) is 13.2 Å². The number of halogens is 1. The van der Waals surface area contributed by atoms with E-state index in [0.29, 0.717) is 6.61 Å². The highest BCUT2D eigenvalue weighted by Crippen LogP contribution is 2.22. The van der Waals surface area contributed by atoms with Crippen LogP contribution in [0, 0.1) is 6.92 Å². The first kappa shape index (κ1) is 22.3. The number of rotatable bonds is 9. The topological polar surface area (TPSA) is 53.4 Å². The molecule has 0 aliphatic carbocycles. The van der Waals surface area contributed by atoms with E-state index in [2.05, 4.69) is 24.2 Å². The second-order valence-corrected chi connectivity index (χ2v) is 8.34. The number of ether oxygens (including phenoxy) is 2. The second kappa shape index (κ2) is 9.97. The fourth-order valence-electron chi connectivity index (χ4n) is 2.91. The molecule has 0 aliphatic heterocycles. The smallest absolute Gasteiger partial charge is 0.289 e. The van der Waals surface area contributed by atoms with Gasteiger partial charge in [0.15, 0.2) is 10.8 Å². The Morgan fingerprint density at radius 2 is 1.79 bits per heavy atom. The number of hydrogen-bond acceptors (Lipinski definition) is 4. The molecule has 2 rings (SSSR count). The van der Waals surface area contributed by atoms with Crippen LogP contribution in [0.4, 0.5) is 0 Å². The zero-order valence-electron chi connectivity index (χ0n) is 17.5. The molecule has 0 fully saturated rings. The highest BCUT2D eigenvalue weighted by molar-refractivity contribution is 6.31.